The summed E-state index contributed by atoms with van der Waals surface area (Å²) in [6.07, 6.45) is 0.805. The van der Waals surface area contributed by atoms with Crippen molar-refractivity contribution in [2.45, 2.75) is 18.2 Å². The molecule has 0 radical (unpaired) electrons. The second-order valence-electron chi connectivity index (χ2n) is 7.64. The number of ether oxygens (including phenoxy) is 1. The van der Waals surface area contributed by atoms with E-state index in [9.17, 15) is 9.59 Å². The molecule has 0 spiro atoms. The van der Waals surface area contributed by atoms with Gasteiger partial charge in [-0.1, -0.05) is 17.7 Å². The van der Waals surface area contributed by atoms with Crippen LogP contribution in [0.4, 0.5) is 16.2 Å². The SMILES string of the molecule is CCOC(=O)CNC(=O)N1CCc2cc(SN3CCN(c4cccc(Cl)c4)CC3)ccc21. The lowest BCUT2D eigenvalue weighted by Crippen LogP contribution is -2.43. The third-order valence-corrected chi connectivity index (χ3v) is 6.85. The number of rotatable bonds is 6. The Morgan fingerprint density at radius 1 is 1.09 bits per heavy atom. The monoisotopic (exact) mass is 474 g/mol. The predicted octanol–water partition coefficient (Wildman–Crippen LogP) is 3.80. The number of piperazine rings is 1. The van der Waals surface area contributed by atoms with Crippen LogP contribution in [0.1, 0.15) is 12.5 Å². The number of nitrogens with one attached hydrogen (secondary N) is 1. The van der Waals surface area contributed by atoms with Crippen molar-refractivity contribution in [2.24, 2.45) is 0 Å². The molecule has 2 amide bonds. The van der Waals surface area contributed by atoms with Crippen molar-refractivity contribution in [1.29, 1.82) is 0 Å². The number of benzene rings is 2. The van der Waals surface area contributed by atoms with Gasteiger partial charge in [0, 0.05) is 54.0 Å². The van der Waals surface area contributed by atoms with Crippen molar-refractivity contribution in [1.82, 2.24) is 9.62 Å². The first-order valence-electron chi connectivity index (χ1n) is 10.8. The van der Waals surface area contributed by atoms with E-state index in [1.165, 1.54) is 10.6 Å². The van der Waals surface area contributed by atoms with Crippen LogP contribution in [0.2, 0.25) is 5.02 Å². The van der Waals surface area contributed by atoms with E-state index in [-0.39, 0.29) is 12.6 Å². The molecular formula is C23H27ClN4O3S. The number of anilines is 2. The summed E-state index contributed by atoms with van der Waals surface area (Å²) in [5.74, 6) is -0.428. The second kappa shape index (κ2) is 10.5. The highest BCUT2D eigenvalue weighted by molar-refractivity contribution is 7.97. The third kappa shape index (κ3) is 5.49. The first kappa shape index (κ1) is 22.8. The molecule has 7 nitrogen and oxygen atoms in total. The molecule has 0 saturated carbocycles. The molecule has 2 heterocycles. The van der Waals surface area contributed by atoms with Crippen molar-refractivity contribution >= 4 is 46.9 Å². The van der Waals surface area contributed by atoms with Gasteiger partial charge in [0.1, 0.15) is 6.54 Å². The zero-order valence-corrected chi connectivity index (χ0v) is 19.6. The highest BCUT2D eigenvalue weighted by Gasteiger charge is 2.26. The van der Waals surface area contributed by atoms with Crippen molar-refractivity contribution in [2.75, 3.05) is 55.7 Å². The molecule has 0 aliphatic carbocycles. The Hall–Kier alpha value is -2.42. The Morgan fingerprint density at radius 3 is 2.66 bits per heavy atom. The molecule has 2 aromatic rings. The number of carbonyl (C=O) groups excluding carboxylic acids is 2. The van der Waals surface area contributed by atoms with Crippen LogP contribution >= 0.6 is 23.5 Å². The summed E-state index contributed by atoms with van der Waals surface area (Å²) < 4.78 is 7.24. The molecular weight excluding hydrogens is 448 g/mol. The van der Waals surface area contributed by atoms with Crippen LogP contribution in [0.25, 0.3) is 0 Å². The summed E-state index contributed by atoms with van der Waals surface area (Å²) in [7, 11) is 0. The third-order valence-electron chi connectivity index (χ3n) is 5.53. The largest absolute Gasteiger partial charge is 0.465 e. The van der Waals surface area contributed by atoms with Crippen LogP contribution in [0, 0.1) is 0 Å². The van der Waals surface area contributed by atoms with Crippen LogP contribution in [0.15, 0.2) is 47.4 Å². The van der Waals surface area contributed by atoms with Gasteiger partial charge in [0.15, 0.2) is 0 Å². The zero-order chi connectivity index (χ0) is 22.5. The molecule has 2 aromatic carbocycles. The molecule has 9 heteroatoms. The van der Waals surface area contributed by atoms with Crippen LogP contribution < -0.4 is 15.1 Å². The van der Waals surface area contributed by atoms with Gasteiger partial charge in [-0.2, -0.15) is 0 Å². The van der Waals surface area contributed by atoms with Gasteiger partial charge in [0.2, 0.25) is 0 Å². The Balaban J connectivity index is 1.30. The number of carbonyl (C=O) groups is 2. The number of urea groups is 1. The number of hydrogen-bond donors (Lipinski definition) is 1. The van der Waals surface area contributed by atoms with E-state index in [0.29, 0.717) is 13.2 Å². The lowest BCUT2D eigenvalue weighted by Gasteiger charge is -2.35. The van der Waals surface area contributed by atoms with Crippen LogP contribution in [-0.4, -0.2) is 62.2 Å². The summed E-state index contributed by atoms with van der Waals surface area (Å²) >= 11 is 7.89. The second-order valence-corrected chi connectivity index (χ2v) is 9.25. The van der Waals surface area contributed by atoms with Crippen molar-refractivity contribution in [3.05, 3.63) is 53.1 Å². The van der Waals surface area contributed by atoms with Crippen LogP contribution in [0.3, 0.4) is 0 Å². The van der Waals surface area contributed by atoms with Gasteiger partial charge in [-0.3, -0.25) is 9.69 Å². The number of fused-ring (bicyclic) bond motifs is 1. The maximum atomic E-state index is 12.5. The Labute approximate surface area is 197 Å². The minimum absolute atomic E-state index is 0.117. The predicted molar refractivity (Wildman–Crippen MR) is 129 cm³/mol. The maximum Gasteiger partial charge on any atom is 0.325 e. The molecule has 0 aromatic heterocycles. The van der Waals surface area contributed by atoms with E-state index < -0.39 is 5.97 Å². The lowest BCUT2D eigenvalue weighted by atomic mass is 10.2. The summed E-state index contributed by atoms with van der Waals surface area (Å²) in [5.41, 5.74) is 3.22. The van der Waals surface area contributed by atoms with Crippen molar-refractivity contribution in [3.63, 3.8) is 0 Å². The van der Waals surface area contributed by atoms with Crippen LogP contribution in [-0.2, 0) is 16.0 Å². The quantitative estimate of drug-likeness (QED) is 0.507. The van der Waals surface area contributed by atoms with Gasteiger partial charge in [-0.05, 0) is 67.3 Å². The molecule has 1 N–H and O–H groups in total. The van der Waals surface area contributed by atoms with Crippen LogP contribution in [0.5, 0.6) is 0 Å². The molecule has 0 atom stereocenters. The van der Waals surface area contributed by atoms with Gasteiger partial charge in [0.25, 0.3) is 0 Å². The Kier molecular flexibility index (Phi) is 7.44. The van der Waals surface area contributed by atoms with E-state index in [2.05, 4.69) is 32.7 Å². The highest BCUT2D eigenvalue weighted by Crippen LogP contribution is 2.34. The standard InChI is InChI=1S/C23H27ClN4O3S/c1-2-31-22(29)16-25-23(30)28-9-8-17-14-20(6-7-21(17)28)32-27-12-10-26(11-13-27)19-5-3-4-18(24)15-19/h3-7,14-15H,2,8-13,16H2,1H3,(H,25,30). The van der Waals surface area contributed by atoms with E-state index in [1.807, 2.05) is 24.3 Å². The molecule has 4 rings (SSSR count). The number of amides is 2. The zero-order valence-electron chi connectivity index (χ0n) is 18.1. The number of hydrogen-bond acceptors (Lipinski definition) is 6. The molecule has 1 saturated heterocycles. The number of halogens is 1. The minimum Gasteiger partial charge on any atom is -0.465 e. The molecule has 0 bridgehead atoms. The minimum atomic E-state index is -0.428. The Bertz CT molecular complexity index is 981. The van der Waals surface area contributed by atoms with Gasteiger partial charge in [-0.25, -0.2) is 9.10 Å². The van der Waals surface area contributed by atoms with Gasteiger partial charge < -0.3 is 15.0 Å². The molecule has 32 heavy (non-hydrogen) atoms. The summed E-state index contributed by atoms with van der Waals surface area (Å²) in [6, 6.07) is 14.0. The van der Waals surface area contributed by atoms with Gasteiger partial charge in [-0.15, -0.1) is 0 Å². The van der Waals surface area contributed by atoms with E-state index in [4.69, 9.17) is 16.3 Å². The number of esters is 1. The fraction of sp³-hybridized carbons (Fsp3) is 0.391. The average molecular weight is 475 g/mol. The van der Waals surface area contributed by atoms with Gasteiger partial charge in [0.05, 0.1) is 6.61 Å². The average Bonchev–Trinajstić information content (AvgIpc) is 3.21. The van der Waals surface area contributed by atoms with E-state index in [0.717, 1.165) is 48.9 Å². The fourth-order valence-corrected chi connectivity index (χ4v) is 5.11. The van der Waals surface area contributed by atoms with E-state index in [1.54, 1.807) is 23.8 Å². The Morgan fingerprint density at radius 2 is 1.91 bits per heavy atom. The lowest BCUT2D eigenvalue weighted by molar-refractivity contribution is -0.141. The molecule has 2 aliphatic rings. The first-order chi connectivity index (χ1) is 15.5. The first-order valence-corrected chi connectivity index (χ1v) is 12.0. The van der Waals surface area contributed by atoms with E-state index >= 15 is 0 Å². The maximum absolute atomic E-state index is 12.5. The van der Waals surface area contributed by atoms with Crippen molar-refractivity contribution in [3.8, 4) is 0 Å². The molecule has 1 fully saturated rings. The molecule has 2 aliphatic heterocycles. The highest BCUT2D eigenvalue weighted by atomic mass is 35.5. The molecule has 170 valence electrons. The number of nitrogens with zero attached hydrogens (tertiary/aromatic N) is 3. The summed E-state index contributed by atoms with van der Waals surface area (Å²) in [6.45, 7) is 6.35. The van der Waals surface area contributed by atoms with Crippen molar-refractivity contribution < 1.29 is 14.3 Å². The topological polar surface area (TPSA) is 65.1 Å². The van der Waals surface area contributed by atoms with Gasteiger partial charge >= 0.3 is 12.0 Å². The smallest absolute Gasteiger partial charge is 0.325 e. The molecule has 0 unspecified atom stereocenters. The summed E-state index contributed by atoms with van der Waals surface area (Å²) in [4.78, 5) is 29.2. The fourth-order valence-electron chi connectivity index (χ4n) is 3.96. The summed E-state index contributed by atoms with van der Waals surface area (Å²) in [5, 5.41) is 3.40. The normalized spacial score (nSPS) is 16.1.